The van der Waals surface area contributed by atoms with Crippen molar-refractivity contribution in [1.29, 1.82) is 0 Å². The third-order valence-electron chi connectivity index (χ3n) is 5.84. The Morgan fingerprint density at radius 2 is 0.839 bits per heavy atom. The number of rotatable bonds is 1. The van der Waals surface area contributed by atoms with Crippen molar-refractivity contribution >= 4 is 5.97 Å². The van der Waals surface area contributed by atoms with Crippen molar-refractivity contribution in [3.8, 4) is 0 Å². The smallest absolute Gasteiger partial charge is 0.335 e. The molecule has 0 spiro atoms. The molecule has 2 nitrogen and oxygen atoms in total. The Balaban J connectivity index is 0.000000235. The van der Waals surface area contributed by atoms with Crippen LogP contribution in [0.2, 0.25) is 0 Å². The lowest BCUT2D eigenvalue weighted by Gasteiger charge is -2.05. The minimum Gasteiger partial charge on any atom is -0.478 e. The van der Waals surface area contributed by atoms with E-state index in [4.69, 9.17) is 5.11 Å². The third kappa shape index (κ3) is 8.05. The topological polar surface area (TPSA) is 37.3 Å². The molecular formula is C29H38O2. The first-order valence-corrected chi connectivity index (χ1v) is 10.7. The zero-order chi connectivity index (χ0) is 23.9. The lowest BCUT2D eigenvalue weighted by atomic mass is 10.0. The van der Waals surface area contributed by atoms with Gasteiger partial charge in [0.15, 0.2) is 0 Å². The molecule has 3 aromatic rings. The van der Waals surface area contributed by atoms with Gasteiger partial charge in [-0.05, 0) is 125 Å². The van der Waals surface area contributed by atoms with Gasteiger partial charge in [-0.1, -0.05) is 42.0 Å². The van der Waals surface area contributed by atoms with Gasteiger partial charge in [0.25, 0.3) is 0 Å². The average Bonchev–Trinajstić information content (AvgIpc) is 2.67. The van der Waals surface area contributed by atoms with Gasteiger partial charge >= 0.3 is 5.97 Å². The van der Waals surface area contributed by atoms with Gasteiger partial charge in [0, 0.05) is 0 Å². The van der Waals surface area contributed by atoms with Crippen molar-refractivity contribution in [1.82, 2.24) is 0 Å². The monoisotopic (exact) mass is 418 g/mol. The van der Waals surface area contributed by atoms with Crippen LogP contribution in [0.1, 0.15) is 66.0 Å². The van der Waals surface area contributed by atoms with Crippen LogP contribution >= 0.6 is 0 Å². The fourth-order valence-electron chi connectivity index (χ4n) is 3.19. The fraction of sp³-hybridized carbons (Fsp3) is 0.345. The van der Waals surface area contributed by atoms with Crippen LogP contribution in [0.3, 0.4) is 0 Å². The van der Waals surface area contributed by atoms with Crippen molar-refractivity contribution in [3.63, 3.8) is 0 Å². The molecule has 0 saturated carbocycles. The third-order valence-corrected chi connectivity index (χ3v) is 5.84. The van der Waals surface area contributed by atoms with Crippen molar-refractivity contribution in [2.75, 3.05) is 0 Å². The van der Waals surface area contributed by atoms with Crippen molar-refractivity contribution in [3.05, 3.63) is 104 Å². The predicted molar refractivity (Wildman–Crippen MR) is 134 cm³/mol. The maximum absolute atomic E-state index is 10.7. The number of benzene rings is 3. The quantitative estimate of drug-likeness (QED) is 0.437. The molecule has 0 atom stereocenters. The zero-order valence-corrected chi connectivity index (χ0v) is 20.9. The van der Waals surface area contributed by atoms with Gasteiger partial charge in [-0.15, -0.1) is 0 Å². The molecule has 0 fully saturated rings. The van der Waals surface area contributed by atoms with Crippen molar-refractivity contribution < 1.29 is 9.90 Å². The molecule has 0 aromatic heterocycles. The molecule has 2 heteroatoms. The average molecular weight is 419 g/mol. The molecular weight excluding hydrogens is 380 g/mol. The van der Waals surface area contributed by atoms with Crippen molar-refractivity contribution in [2.24, 2.45) is 0 Å². The van der Waals surface area contributed by atoms with Gasteiger partial charge in [0.05, 0.1) is 5.56 Å². The predicted octanol–water partition coefficient (Wildman–Crippen LogP) is 7.84. The normalized spacial score (nSPS) is 9.87. The molecule has 0 unspecified atom stereocenters. The van der Waals surface area contributed by atoms with Crippen LogP contribution in [0.4, 0.5) is 0 Å². The van der Waals surface area contributed by atoms with Crippen LogP contribution in [-0.2, 0) is 0 Å². The van der Waals surface area contributed by atoms with E-state index in [-0.39, 0.29) is 0 Å². The maximum atomic E-state index is 10.7. The Morgan fingerprint density at radius 3 is 1.19 bits per heavy atom. The number of carboxylic acid groups (broad SMARTS) is 1. The summed E-state index contributed by atoms with van der Waals surface area (Å²) in [7, 11) is 0. The first-order valence-electron chi connectivity index (χ1n) is 10.7. The molecule has 166 valence electrons. The standard InChI is InChI=1S/C10H12O2.C10H14.C9H12/c1-6-4-8(3)9(10(11)12)5-7(6)2;1-7-5-9(3)10(4)6-8(7)2;1-7-4-5-8(2)9(3)6-7/h4-5H,1-3H3,(H,11,12);5-6H,1-4H3;4-6H,1-3H3. The summed E-state index contributed by atoms with van der Waals surface area (Å²) >= 11 is 0. The van der Waals surface area contributed by atoms with Gasteiger partial charge in [-0.3, -0.25) is 0 Å². The van der Waals surface area contributed by atoms with E-state index in [9.17, 15) is 4.79 Å². The van der Waals surface area contributed by atoms with Gasteiger partial charge in [0.2, 0.25) is 0 Å². The largest absolute Gasteiger partial charge is 0.478 e. The highest BCUT2D eigenvalue weighted by Gasteiger charge is 2.07. The molecule has 0 heterocycles. The van der Waals surface area contributed by atoms with Crippen LogP contribution in [0.5, 0.6) is 0 Å². The summed E-state index contributed by atoms with van der Waals surface area (Å²) in [5.41, 5.74) is 13.1. The number of aromatic carboxylic acids is 1. The molecule has 0 aliphatic carbocycles. The van der Waals surface area contributed by atoms with Gasteiger partial charge in [0.1, 0.15) is 0 Å². The van der Waals surface area contributed by atoms with E-state index in [0.717, 1.165) is 16.7 Å². The number of carbonyl (C=O) groups is 1. The summed E-state index contributed by atoms with van der Waals surface area (Å²) < 4.78 is 0. The van der Waals surface area contributed by atoms with E-state index in [1.54, 1.807) is 6.07 Å². The van der Waals surface area contributed by atoms with E-state index < -0.39 is 5.97 Å². The molecule has 0 saturated heterocycles. The van der Waals surface area contributed by atoms with Crippen LogP contribution < -0.4 is 0 Å². The van der Waals surface area contributed by atoms with Crippen molar-refractivity contribution in [2.45, 2.75) is 69.2 Å². The van der Waals surface area contributed by atoms with Gasteiger partial charge in [-0.25, -0.2) is 4.79 Å². The zero-order valence-electron chi connectivity index (χ0n) is 20.9. The van der Waals surface area contributed by atoms with E-state index in [1.807, 2.05) is 26.8 Å². The van der Waals surface area contributed by atoms with E-state index in [1.165, 1.54) is 38.9 Å². The summed E-state index contributed by atoms with van der Waals surface area (Å²) in [6.07, 6.45) is 0. The summed E-state index contributed by atoms with van der Waals surface area (Å²) in [6, 6.07) is 14.6. The summed E-state index contributed by atoms with van der Waals surface area (Å²) in [5.74, 6) is -0.851. The van der Waals surface area contributed by atoms with Crippen LogP contribution in [0, 0.1) is 69.2 Å². The lowest BCUT2D eigenvalue weighted by molar-refractivity contribution is 0.0696. The van der Waals surface area contributed by atoms with Crippen LogP contribution in [-0.4, -0.2) is 11.1 Å². The van der Waals surface area contributed by atoms with Crippen LogP contribution in [0.15, 0.2) is 42.5 Å². The fourth-order valence-corrected chi connectivity index (χ4v) is 3.19. The highest BCUT2D eigenvalue weighted by atomic mass is 16.4. The number of aryl methyl sites for hydroxylation is 10. The van der Waals surface area contributed by atoms with E-state index >= 15 is 0 Å². The maximum Gasteiger partial charge on any atom is 0.335 e. The number of carboxylic acids is 1. The second-order valence-electron chi connectivity index (χ2n) is 8.66. The first kappa shape index (κ1) is 26.2. The molecule has 0 aliphatic rings. The molecule has 3 aromatic carbocycles. The molecule has 0 aliphatic heterocycles. The van der Waals surface area contributed by atoms with E-state index in [0.29, 0.717) is 5.56 Å². The molecule has 0 radical (unpaired) electrons. The Morgan fingerprint density at radius 1 is 0.484 bits per heavy atom. The van der Waals surface area contributed by atoms with Gasteiger partial charge < -0.3 is 5.11 Å². The Hall–Kier alpha value is -2.87. The second-order valence-corrected chi connectivity index (χ2v) is 8.66. The SMILES string of the molecule is Cc1cc(C)c(C(=O)O)cc1C.Cc1cc(C)c(C)cc1C.Cc1ccc(C)c(C)c1. The molecule has 1 N–H and O–H groups in total. The minimum atomic E-state index is -0.851. The highest BCUT2D eigenvalue weighted by molar-refractivity contribution is 5.89. The lowest BCUT2D eigenvalue weighted by Crippen LogP contribution is -2.00. The Kier molecular flexibility index (Phi) is 9.71. The molecule has 0 bridgehead atoms. The summed E-state index contributed by atoms with van der Waals surface area (Å²) in [6.45, 7) is 20.7. The second kappa shape index (κ2) is 11.5. The minimum absolute atomic E-state index is 0.401. The first-order chi connectivity index (χ1) is 14.3. The Bertz CT molecular complexity index is 1010. The number of hydrogen-bond acceptors (Lipinski definition) is 1. The van der Waals surface area contributed by atoms with Gasteiger partial charge in [-0.2, -0.15) is 0 Å². The molecule has 31 heavy (non-hydrogen) atoms. The number of hydrogen-bond donors (Lipinski definition) is 1. The van der Waals surface area contributed by atoms with Crippen LogP contribution in [0.25, 0.3) is 0 Å². The molecule has 3 rings (SSSR count). The summed E-state index contributed by atoms with van der Waals surface area (Å²) in [4.78, 5) is 10.7. The molecule has 0 amide bonds. The van der Waals surface area contributed by atoms with E-state index in [2.05, 4.69) is 78.8 Å². The highest BCUT2D eigenvalue weighted by Crippen LogP contribution is 2.15. The summed E-state index contributed by atoms with van der Waals surface area (Å²) in [5, 5.41) is 8.78. The Labute approximate surface area is 189 Å².